The lowest BCUT2D eigenvalue weighted by Crippen LogP contribution is -2.27. The maximum atomic E-state index is 12.2. The number of nitrogens with zero attached hydrogens (tertiary/aromatic N) is 1. The minimum Gasteiger partial charge on any atom is -0.444 e. The molecule has 1 atom stereocenters. The molecule has 1 aromatic carbocycles. The van der Waals surface area contributed by atoms with Crippen LogP contribution >= 0.6 is 0 Å². The summed E-state index contributed by atoms with van der Waals surface area (Å²) in [6.45, 7) is 3.81. The van der Waals surface area contributed by atoms with Crippen molar-refractivity contribution in [3.05, 3.63) is 47.7 Å². The molecule has 0 aliphatic heterocycles. The van der Waals surface area contributed by atoms with Gasteiger partial charge < -0.3 is 10.2 Å². The van der Waals surface area contributed by atoms with Crippen LogP contribution in [0.4, 0.5) is 0 Å². The number of sulfonamides is 1. The van der Waals surface area contributed by atoms with Gasteiger partial charge in [-0.05, 0) is 31.5 Å². The van der Waals surface area contributed by atoms with Crippen LogP contribution < -0.4 is 10.5 Å². The molecule has 2 rings (SSSR count). The zero-order chi connectivity index (χ0) is 14.8. The van der Waals surface area contributed by atoms with E-state index in [1.165, 1.54) is 12.1 Å². The van der Waals surface area contributed by atoms with Gasteiger partial charge >= 0.3 is 0 Å². The Hall–Kier alpha value is -1.70. The molecule has 1 heterocycles. The van der Waals surface area contributed by atoms with Crippen LogP contribution in [0.1, 0.15) is 30.2 Å². The molecule has 1 aromatic heterocycles. The summed E-state index contributed by atoms with van der Waals surface area (Å²) in [7, 11) is -3.61. The predicted molar refractivity (Wildman–Crippen MR) is 74.3 cm³/mol. The van der Waals surface area contributed by atoms with E-state index in [1.807, 2.05) is 0 Å². The molecule has 20 heavy (non-hydrogen) atoms. The third-order valence-electron chi connectivity index (χ3n) is 2.81. The number of nitrogens with two attached hydrogens (primary N) is 1. The standard InChI is InChI=1S/C13H17N3O3S/c1-9-8-15-13(19-9)10(2)16-20(17,18)12-5-3-11(7-14)4-6-12/h3-6,8,10,16H,7,14H2,1-2H3. The zero-order valence-electron chi connectivity index (χ0n) is 11.3. The van der Waals surface area contributed by atoms with Crippen molar-refractivity contribution < 1.29 is 12.8 Å². The number of rotatable bonds is 5. The summed E-state index contributed by atoms with van der Waals surface area (Å²) in [4.78, 5) is 4.20. The van der Waals surface area contributed by atoms with Gasteiger partial charge in [0.2, 0.25) is 15.9 Å². The van der Waals surface area contributed by atoms with Crippen LogP contribution in [0.2, 0.25) is 0 Å². The molecule has 0 fully saturated rings. The topological polar surface area (TPSA) is 98.2 Å². The molecule has 0 saturated heterocycles. The van der Waals surface area contributed by atoms with Gasteiger partial charge in [-0.25, -0.2) is 13.4 Å². The predicted octanol–water partition coefficient (Wildman–Crippen LogP) is 1.48. The normalized spacial score (nSPS) is 13.3. The molecule has 0 amide bonds. The lowest BCUT2D eigenvalue weighted by Gasteiger charge is -2.11. The van der Waals surface area contributed by atoms with E-state index in [2.05, 4.69) is 9.71 Å². The number of aromatic nitrogens is 1. The third kappa shape index (κ3) is 3.24. The lowest BCUT2D eigenvalue weighted by molar-refractivity contribution is 0.428. The van der Waals surface area contributed by atoms with Crippen molar-refractivity contribution >= 4 is 10.0 Å². The van der Waals surface area contributed by atoms with Gasteiger partial charge in [-0.15, -0.1) is 0 Å². The highest BCUT2D eigenvalue weighted by Crippen LogP contribution is 2.17. The summed E-state index contributed by atoms with van der Waals surface area (Å²) in [6, 6.07) is 5.89. The van der Waals surface area contributed by atoms with Crippen LogP contribution in [0.3, 0.4) is 0 Å². The quantitative estimate of drug-likeness (QED) is 0.870. The number of oxazole rings is 1. The van der Waals surface area contributed by atoms with E-state index >= 15 is 0 Å². The van der Waals surface area contributed by atoms with E-state index in [0.29, 0.717) is 18.2 Å². The van der Waals surface area contributed by atoms with Gasteiger partial charge in [0, 0.05) is 6.54 Å². The Bertz CT molecular complexity index is 677. The molecule has 0 aliphatic carbocycles. The Morgan fingerprint density at radius 1 is 1.35 bits per heavy atom. The summed E-state index contributed by atoms with van der Waals surface area (Å²) < 4.78 is 32.3. The number of hydrogen-bond donors (Lipinski definition) is 2. The van der Waals surface area contributed by atoms with Gasteiger partial charge in [-0.1, -0.05) is 12.1 Å². The minimum absolute atomic E-state index is 0.185. The highest BCUT2D eigenvalue weighted by molar-refractivity contribution is 7.89. The van der Waals surface area contributed by atoms with Crippen molar-refractivity contribution in [2.24, 2.45) is 5.73 Å². The maximum absolute atomic E-state index is 12.2. The second-order valence-electron chi connectivity index (χ2n) is 4.50. The lowest BCUT2D eigenvalue weighted by atomic mass is 10.2. The maximum Gasteiger partial charge on any atom is 0.241 e. The molecule has 0 spiro atoms. The average Bonchev–Trinajstić information content (AvgIpc) is 2.85. The van der Waals surface area contributed by atoms with E-state index in [4.69, 9.17) is 10.2 Å². The SMILES string of the molecule is Cc1cnc(C(C)NS(=O)(=O)c2ccc(CN)cc2)o1. The number of nitrogens with one attached hydrogen (secondary N) is 1. The van der Waals surface area contributed by atoms with Crippen molar-refractivity contribution in [1.82, 2.24) is 9.71 Å². The highest BCUT2D eigenvalue weighted by Gasteiger charge is 2.21. The second-order valence-corrected chi connectivity index (χ2v) is 6.21. The van der Waals surface area contributed by atoms with Crippen LogP contribution in [-0.4, -0.2) is 13.4 Å². The molecule has 0 bridgehead atoms. The summed E-state index contributed by atoms with van der Waals surface area (Å²) in [5.74, 6) is 0.975. The van der Waals surface area contributed by atoms with Gasteiger partial charge in [-0.2, -0.15) is 4.72 Å². The molecule has 7 heteroatoms. The molecule has 0 aliphatic rings. The second kappa shape index (κ2) is 5.74. The van der Waals surface area contributed by atoms with Crippen LogP contribution in [0, 0.1) is 6.92 Å². The van der Waals surface area contributed by atoms with Gasteiger partial charge in [0.05, 0.1) is 17.1 Å². The number of hydrogen-bond acceptors (Lipinski definition) is 5. The van der Waals surface area contributed by atoms with E-state index in [9.17, 15) is 8.42 Å². The summed E-state index contributed by atoms with van der Waals surface area (Å²) in [5, 5.41) is 0. The van der Waals surface area contributed by atoms with Crippen molar-refractivity contribution in [1.29, 1.82) is 0 Å². The average molecular weight is 295 g/mol. The molecule has 3 N–H and O–H groups in total. The van der Waals surface area contributed by atoms with Gasteiger partial charge in [0.1, 0.15) is 5.76 Å². The fourth-order valence-electron chi connectivity index (χ4n) is 1.73. The summed E-state index contributed by atoms with van der Waals surface area (Å²) in [6.07, 6.45) is 1.55. The van der Waals surface area contributed by atoms with E-state index < -0.39 is 16.1 Å². The van der Waals surface area contributed by atoms with E-state index in [0.717, 1.165) is 5.56 Å². The van der Waals surface area contributed by atoms with Crippen molar-refractivity contribution in [2.45, 2.75) is 31.3 Å². The van der Waals surface area contributed by atoms with Gasteiger partial charge in [0.15, 0.2) is 0 Å². The first-order valence-electron chi connectivity index (χ1n) is 6.16. The Balaban J connectivity index is 2.17. The largest absolute Gasteiger partial charge is 0.444 e. The molecule has 108 valence electrons. The molecule has 0 radical (unpaired) electrons. The monoisotopic (exact) mass is 295 g/mol. The smallest absolute Gasteiger partial charge is 0.241 e. The Labute approximate surface area is 118 Å². The molecule has 0 saturated carbocycles. The Morgan fingerprint density at radius 2 is 2.00 bits per heavy atom. The number of benzene rings is 1. The van der Waals surface area contributed by atoms with Crippen LogP contribution in [0.15, 0.2) is 39.8 Å². The van der Waals surface area contributed by atoms with Crippen molar-refractivity contribution in [3.8, 4) is 0 Å². The molecule has 2 aromatic rings. The molecular weight excluding hydrogens is 278 g/mol. The number of aryl methyl sites for hydroxylation is 1. The van der Waals surface area contributed by atoms with Crippen molar-refractivity contribution in [2.75, 3.05) is 0 Å². The third-order valence-corrected chi connectivity index (χ3v) is 4.37. The highest BCUT2D eigenvalue weighted by atomic mass is 32.2. The van der Waals surface area contributed by atoms with E-state index in [-0.39, 0.29) is 4.90 Å². The van der Waals surface area contributed by atoms with Crippen LogP contribution in [0.5, 0.6) is 0 Å². The fourth-order valence-corrected chi connectivity index (χ4v) is 2.92. The summed E-state index contributed by atoms with van der Waals surface area (Å²) in [5.41, 5.74) is 6.36. The first-order chi connectivity index (χ1) is 9.42. The Kier molecular flexibility index (Phi) is 4.22. The molecule has 6 nitrogen and oxygen atoms in total. The van der Waals surface area contributed by atoms with Crippen LogP contribution in [-0.2, 0) is 16.6 Å². The fraction of sp³-hybridized carbons (Fsp3) is 0.308. The van der Waals surface area contributed by atoms with Crippen LogP contribution in [0.25, 0.3) is 0 Å². The van der Waals surface area contributed by atoms with Gasteiger partial charge in [-0.3, -0.25) is 0 Å². The summed E-state index contributed by atoms with van der Waals surface area (Å²) >= 11 is 0. The van der Waals surface area contributed by atoms with E-state index in [1.54, 1.807) is 32.2 Å². The van der Waals surface area contributed by atoms with Gasteiger partial charge in [0.25, 0.3) is 0 Å². The zero-order valence-corrected chi connectivity index (χ0v) is 12.1. The first-order valence-corrected chi connectivity index (χ1v) is 7.64. The molecule has 1 unspecified atom stereocenters. The Morgan fingerprint density at radius 3 is 2.50 bits per heavy atom. The van der Waals surface area contributed by atoms with Crippen molar-refractivity contribution in [3.63, 3.8) is 0 Å². The minimum atomic E-state index is -3.61. The molecular formula is C13H17N3O3S. The first kappa shape index (κ1) is 14.7.